The monoisotopic (exact) mass is 342 g/mol. The standard InChI is InChI=1S/C21H30N2O2/c1-21(2,3)19-11-9-18(10-12-19)15-23-25-16-20(24)22-14-13-17-7-5-4-6-8-17/h7,9-12,15H,4-6,8,13-14,16H2,1-3H3,(H,22,24). The summed E-state index contributed by atoms with van der Waals surface area (Å²) in [7, 11) is 0. The number of carbonyl (C=O) groups is 1. The average Bonchev–Trinajstić information content (AvgIpc) is 2.59. The van der Waals surface area contributed by atoms with Crippen LogP contribution in [0.15, 0.2) is 41.1 Å². The Hall–Kier alpha value is -2.10. The molecule has 0 saturated heterocycles. The average molecular weight is 342 g/mol. The minimum absolute atomic E-state index is 0.0460. The lowest BCUT2D eigenvalue weighted by Crippen LogP contribution is -2.28. The first-order valence-corrected chi connectivity index (χ1v) is 9.15. The van der Waals surface area contributed by atoms with Crippen LogP contribution in [0.5, 0.6) is 0 Å². The molecule has 136 valence electrons. The first kappa shape index (κ1) is 19.2. The Morgan fingerprint density at radius 2 is 2.00 bits per heavy atom. The Morgan fingerprint density at radius 1 is 1.24 bits per heavy atom. The second-order valence-corrected chi connectivity index (χ2v) is 7.59. The predicted molar refractivity (Wildman–Crippen MR) is 103 cm³/mol. The molecule has 1 aliphatic carbocycles. The van der Waals surface area contributed by atoms with Gasteiger partial charge in [-0.25, -0.2) is 0 Å². The van der Waals surface area contributed by atoms with Gasteiger partial charge in [-0.15, -0.1) is 0 Å². The second kappa shape index (κ2) is 9.40. The van der Waals surface area contributed by atoms with Gasteiger partial charge in [0, 0.05) is 6.54 Å². The fraction of sp³-hybridized carbons (Fsp3) is 0.524. The van der Waals surface area contributed by atoms with Gasteiger partial charge < -0.3 is 10.2 Å². The van der Waals surface area contributed by atoms with E-state index in [-0.39, 0.29) is 17.9 Å². The third-order valence-corrected chi connectivity index (χ3v) is 4.40. The number of carbonyl (C=O) groups excluding carboxylic acids is 1. The van der Waals surface area contributed by atoms with Crippen LogP contribution in [0.2, 0.25) is 0 Å². The molecule has 4 nitrogen and oxygen atoms in total. The van der Waals surface area contributed by atoms with E-state index >= 15 is 0 Å². The summed E-state index contributed by atoms with van der Waals surface area (Å²) in [6.07, 6.45) is 9.79. The van der Waals surface area contributed by atoms with E-state index in [4.69, 9.17) is 4.84 Å². The molecular weight excluding hydrogens is 312 g/mol. The second-order valence-electron chi connectivity index (χ2n) is 7.59. The number of nitrogens with one attached hydrogen (secondary N) is 1. The van der Waals surface area contributed by atoms with E-state index in [1.807, 2.05) is 12.1 Å². The summed E-state index contributed by atoms with van der Waals surface area (Å²) in [6, 6.07) is 8.19. The maximum absolute atomic E-state index is 11.7. The molecule has 1 aromatic carbocycles. The third kappa shape index (κ3) is 7.12. The molecule has 0 atom stereocenters. The fourth-order valence-corrected chi connectivity index (χ4v) is 2.81. The van der Waals surface area contributed by atoms with E-state index in [2.05, 4.69) is 49.5 Å². The Bertz CT molecular complexity index is 610. The normalized spacial score (nSPS) is 15.1. The maximum Gasteiger partial charge on any atom is 0.260 e. The first-order valence-electron chi connectivity index (χ1n) is 9.15. The molecule has 1 amide bonds. The summed E-state index contributed by atoms with van der Waals surface area (Å²) in [5.74, 6) is -0.128. The van der Waals surface area contributed by atoms with Crippen LogP contribution in [-0.2, 0) is 15.0 Å². The van der Waals surface area contributed by atoms with Crippen LogP contribution in [0.4, 0.5) is 0 Å². The molecule has 0 spiro atoms. The van der Waals surface area contributed by atoms with Gasteiger partial charge in [0.2, 0.25) is 0 Å². The molecule has 4 heteroatoms. The van der Waals surface area contributed by atoms with Crippen LogP contribution in [0.25, 0.3) is 0 Å². The molecule has 0 fully saturated rings. The molecule has 0 radical (unpaired) electrons. The van der Waals surface area contributed by atoms with Crippen molar-refractivity contribution in [2.75, 3.05) is 13.2 Å². The summed E-state index contributed by atoms with van der Waals surface area (Å²) in [4.78, 5) is 16.8. The minimum atomic E-state index is -0.128. The Morgan fingerprint density at radius 3 is 2.64 bits per heavy atom. The van der Waals surface area contributed by atoms with E-state index < -0.39 is 0 Å². The van der Waals surface area contributed by atoms with Crippen LogP contribution >= 0.6 is 0 Å². The summed E-state index contributed by atoms with van der Waals surface area (Å²) in [5.41, 5.74) is 3.83. The number of hydrogen-bond donors (Lipinski definition) is 1. The highest BCUT2D eigenvalue weighted by molar-refractivity contribution is 5.79. The molecule has 1 N–H and O–H groups in total. The van der Waals surface area contributed by atoms with Gasteiger partial charge in [-0.2, -0.15) is 0 Å². The zero-order valence-electron chi connectivity index (χ0n) is 15.7. The van der Waals surface area contributed by atoms with Crippen LogP contribution in [0.1, 0.15) is 64.0 Å². The van der Waals surface area contributed by atoms with E-state index in [9.17, 15) is 4.79 Å². The first-order chi connectivity index (χ1) is 11.9. The van der Waals surface area contributed by atoms with E-state index in [0.717, 1.165) is 12.0 Å². The molecule has 0 unspecified atom stereocenters. The lowest BCUT2D eigenvalue weighted by Gasteiger charge is -2.18. The number of rotatable bonds is 7. The summed E-state index contributed by atoms with van der Waals surface area (Å²) >= 11 is 0. The van der Waals surface area contributed by atoms with Crippen molar-refractivity contribution in [2.45, 2.75) is 58.3 Å². The fourth-order valence-electron chi connectivity index (χ4n) is 2.81. The summed E-state index contributed by atoms with van der Waals surface area (Å²) in [6.45, 7) is 7.18. The molecule has 1 aliphatic rings. The van der Waals surface area contributed by atoms with Crippen molar-refractivity contribution in [3.63, 3.8) is 0 Å². The highest BCUT2D eigenvalue weighted by Gasteiger charge is 2.12. The van der Waals surface area contributed by atoms with Gasteiger partial charge in [-0.1, -0.05) is 61.8 Å². The molecule has 0 saturated carbocycles. The summed E-state index contributed by atoms with van der Waals surface area (Å²) in [5, 5.41) is 6.75. The molecule has 25 heavy (non-hydrogen) atoms. The molecule has 2 rings (SSSR count). The van der Waals surface area contributed by atoms with Crippen molar-refractivity contribution in [3.05, 3.63) is 47.0 Å². The van der Waals surface area contributed by atoms with Crippen molar-refractivity contribution in [1.29, 1.82) is 0 Å². The SMILES string of the molecule is CC(C)(C)c1ccc(C=NOCC(=O)NCCC2=CCCCC2)cc1. The van der Waals surface area contributed by atoms with Gasteiger partial charge in [0.1, 0.15) is 0 Å². The highest BCUT2D eigenvalue weighted by atomic mass is 16.6. The van der Waals surface area contributed by atoms with Crippen molar-refractivity contribution in [1.82, 2.24) is 5.32 Å². The topological polar surface area (TPSA) is 50.7 Å². The van der Waals surface area contributed by atoms with Crippen molar-refractivity contribution in [3.8, 4) is 0 Å². The van der Waals surface area contributed by atoms with Gasteiger partial charge in [0.05, 0.1) is 6.21 Å². The largest absolute Gasteiger partial charge is 0.386 e. The Labute approximate surface area is 151 Å². The zero-order chi connectivity index (χ0) is 18.1. The molecule has 0 aromatic heterocycles. The van der Waals surface area contributed by atoms with Crippen molar-refractivity contribution in [2.24, 2.45) is 5.16 Å². The lowest BCUT2D eigenvalue weighted by atomic mass is 9.87. The quantitative estimate of drug-likeness (QED) is 0.455. The minimum Gasteiger partial charge on any atom is -0.386 e. The zero-order valence-corrected chi connectivity index (χ0v) is 15.7. The number of allylic oxidation sites excluding steroid dienone is 1. The molecule has 0 heterocycles. The van der Waals surface area contributed by atoms with Gasteiger partial charge in [0.15, 0.2) is 6.61 Å². The lowest BCUT2D eigenvalue weighted by molar-refractivity contribution is -0.125. The van der Waals surface area contributed by atoms with E-state index in [1.54, 1.807) is 6.21 Å². The third-order valence-electron chi connectivity index (χ3n) is 4.40. The molecule has 1 aromatic rings. The van der Waals surface area contributed by atoms with Gasteiger partial charge in [0.25, 0.3) is 5.91 Å². The van der Waals surface area contributed by atoms with Crippen LogP contribution in [0.3, 0.4) is 0 Å². The predicted octanol–water partition coefficient (Wildman–Crippen LogP) is 4.34. The van der Waals surface area contributed by atoms with Crippen LogP contribution < -0.4 is 5.32 Å². The molecule has 0 bridgehead atoms. The van der Waals surface area contributed by atoms with E-state index in [0.29, 0.717) is 6.54 Å². The number of amides is 1. The Balaban J connectivity index is 1.64. The van der Waals surface area contributed by atoms with Crippen LogP contribution in [-0.4, -0.2) is 25.3 Å². The smallest absolute Gasteiger partial charge is 0.260 e. The van der Waals surface area contributed by atoms with Crippen LogP contribution in [0, 0.1) is 0 Å². The van der Waals surface area contributed by atoms with Crippen molar-refractivity contribution < 1.29 is 9.63 Å². The molecular formula is C21H30N2O2. The highest BCUT2D eigenvalue weighted by Crippen LogP contribution is 2.22. The maximum atomic E-state index is 11.7. The Kier molecular flexibility index (Phi) is 7.23. The van der Waals surface area contributed by atoms with Crippen molar-refractivity contribution >= 4 is 12.1 Å². The number of hydrogen-bond acceptors (Lipinski definition) is 3. The summed E-state index contributed by atoms with van der Waals surface area (Å²) < 4.78 is 0. The van der Waals surface area contributed by atoms with Gasteiger partial charge in [-0.05, 0) is 48.6 Å². The molecule has 0 aliphatic heterocycles. The number of nitrogens with zero attached hydrogens (tertiary/aromatic N) is 1. The number of oxime groups is 1. The van der Waals surface area contributed by atoms with Gasteiger partial charge in [-0.3, -0.25) is 4.79 Å². The number of benzene rings is 1. The van der Waals surface area contributed by atoms with Gasteiger partial charge >= 0.3 is 0 Å². The van der Waals surface area contributed by atoms with E-state index in [1.165, 1.54) is 36.8 Å².